The maximum atomic E-state index is 12.1. The average Bonchev–Trinajstić information content (AvgIpc) is 2.52. The van der Waals surface area contributed by atoms with Crippen LogP contribution in [0.5, 0.6) is 0 Å². The molecule has 1 fully saturated rings. The van der Waals surface area contributed by atoms with E-state index in [1.807, 2.05) is 35.2 Å². The number of amides is 1. The van der Waals surface area contributed by atoms with E-state index in [4.69, 9.17) is 0 Å². The van der Waals surface area contributed by atoms with E-state index in [-0.39, 0.29) is 16.6 Å². The van der Waals surface area contributed by atoms with Crippen LogP contribution in [0, 0.1) is 0 Å². The molecule has 0 aromatic heterocycles. The Morgan fingerprint density at radius 2 is 1.81 bits per heavy atom. The first kappa shape index (κ1) is 15.6. The van der Waals surface area contributed by atoms with E-state index in [1.165, 1.54) is 6.42 Å². The molecular weight excluding hydrogens is 286 g/mol. The molecule has 0 unspecified atom stereocenters. The molecule has 1 heterocycles. The zero-order valence-electron chi connectivity index (χ0n) is 11.8. The van der Waals surface area contributed by atoms with E-state index in [0.29, 0.717) is 0 Å². The second-order valence-corrected chi connectivity index (χ2v) is 5.97. The van der Waals surface area contributed by atoms with Gasteiger partial charge in [-0.3, -0.25) is 4.79 Å². The van der Waals surface area contributed by atoms with Crippen molar-refractivity contribution in [2.45, 2.75) is 19.3 Å². The highest BCUT2D eigenvalue weighted by Gasteiger charge is 2.18. The molecule has 21 heavy (non-hydrogen) atoms. The van der Waals surface area contributed by atoms with E-state index in [1.54, 1.807) is 6.08 Å². The molecule has 0 bridgehead atoms. The van der Waals surface area contributed by atoms with Crippen LogP contribution in [-0.4, -0.2) is 40.7 Å². The number of aliphatic carboxylic acids is 1. The first-order valence-electron chi connectivity index (χ1n) is 7.07. The third-order valence-corrected chi connectivity index (χ3v) is 4.36. The molecule has 5 heteroatoms. The minimum absolute atomic E-state index is 0.0277. The van der Waals surface area contributed by atoms with Crippen molar-refractivity contribution in [1.82, 2.24) is 4.90 Å². The maximum absolute atomic E-state index is 12.1. The van der Waals surface area contributed by atoms with E-state index < -0.39 is 5.97 Å². The van der Waals surface area contributed by atoms with Gasteiger partial charge in [-0.1, -0.05) is 30.3 Å². The number of hydrogen-bond acceptors (Lipinski definition) is 3. The van der Waals surface area contributed by atoms with Crippen molar-refractivity contribution in [1.29, 1.82) is 0 Å². The van der Waals surface area contributed by atoms with Gasteiger partial charge < -0.3 is 10.0 Å². The highest BCUT2D eigenvalue weighted by Crippen LogP contribution is 2.21. The molecule has 1 aliphatic heterocycles. The van der Waals surface area contributed by atoms with Crippen molar-refractivity contribution in [2.75, 3.05) is 18.8 Å². The monoisotopic (exact) mass is 305 g/mol. The van der Waals surface area contributed by atoms with Gasteiger partial charge in [0.05, 0.1) is 10.7 Å². The van der Waals surface area contributed by atoms with Gasteiger partial charge in [0, 0.05) is 13.1 Å². The van der Waals surface area contributed by atoms with Crippen LogP contribution in [0.3, 0.4) is 0 Å². The molecule has 112 valence electrons. The molecule has 1 aromatic rings. The Balaban J connectivity index is 1.95. The molecule has 0 aliphatic carbocycles. The predicted molar refractivity (Wildman–Crippen MR) is 84.9 cm³/mol. The Morgan fingerprint density at radius 1 is 1.14 bits per heavy atom. The Hall–Kier alpha value is -1.75. The van der Waals surface area contributed by atoms with Gasteiger partial charge in [-0.2, -0.15) is 0 Å². The van der Waals surface area contributed by atoms with Gasteiger partial charge in [0.15, 0.2) is 0 Å². The number of benzene rings is 1. The summed E-state index contributed by atoms with van der Waals surface area (Å²) in [5, 5.41) is 9.24. The number of rotatable bonds is 5. The second kappa shape index (κ2) is 7.88. The maximum Gasteiger partial charge on any atom is 0.342 e. The van der Waals surface area contributed by atoms with Crippen molar-refractivity contribution in [3.63, 3.8) is 0 Å². The number of piperidine rings is 1. The summed E-state index contributed by atoms with van der Waals surface area (Å²) in [6.07, 6.45) is 4.87. The zero-order valence-corrected chi connectivity index (χ0v) is 12.6. The molecule has 0 spiro atoms. The Labute approximate surface area is 128 Å². The molecule has 0 radical (unpaired) electrons. The summed E-state index contributed by atoms with van der Waals surface area (Å²) in [5.41, 5.74) is 0.827. The normalized spacial score (nSPS) is 15.8. The Bertz CT molecular complexity index is 522. The summed E-state index contributed by atoms with van der Waals surface area (Å²) in [6.45, 7) is 1.59. The number of hydrogen-bond donors (Lipinski definition) is 1. The number of thioether (sulfide) groups is 1. The standard InChI is InChI=1S/C16H19NO3S/c18-15(17-9-5-2-6-10-17)12-21-14(16(19)20)11-13-7-3-1-4-8-13/h1,3-4,7-8,11H,2,5-6,9-10,12H2,(H,19,20)/b14-11+. The van der Waals surface area contributed by atoms with Gasteiger partial charge in [0.2, 0.25) is 5.91 Å². The fourth-order valence-corrected chi connectivity index (χ4v) is 3.04. The lowest BCUT2D eigenvalue weighted by atomic mass is 10.1. The molecule has 0 atom stereocenters. The number of carbonyl (C=O) groups excluding carboxylic acids is 1. The number of carboxylic acid groups (broad SMARTS) is 1. The predicted octanol–water partition coefficient (Wildman–Crippen LogP) is 2.86. The largest absolute Gasteiger partial charge is 0.477 e. The smallest absolute Gasteiger partial charge is 0.342 e. The van der Waals surface area contributed by atoms with Crippen LogP contribution in [0.4, 0.5) is 0 Å². The highest BCUT2D eigenvalue weighted by molar-refractivity contribution is 8.04. The number of carbonyl (C=O) groups is 2. The van der Waals surface area contributed by atoms with Crippen molar-refractivity contribution < 1.29 is 14.7 Å². The zero-order chi connectivity index (χ0) is 15.1. The molecule has 1 aromatic carbocycles. The van der Waals surface area contributed by atoms with Crippen LogP contribution in [0.1, 0.15) is 24.8 Å². The SMILES string of the molecule is O=C(O)/C(=C\c1ccccc1)SCC(=O)N1CCCCC1. The average molecular weight is 305 g/mol. The van der Waals surface area contributed by atoms with Crippen LogP contribution in [0.25, 0.3) is 6.08 Å². The number of likely N-dealkylation sites (tertiary alicyclic amines) is 1. The molecule has 1 N–H and O–H groups in total. The van der Waals surface area contributed by atoms with Crippen molar-refractivity contribution >= 4 is 29.7 Å². The topological polar surface area (TPSA) is 57.6 Å². The fourth-order valence-electron chi connectivity index (χ4n) is 2.24. The Kier molecular flexibility index (Phi) is 5.87. The van der Waals surface area contributed by atoms with E-state index >= 15 is 0 Å². The second-order valence-electron chi connectivity index (χ2n) is 4.95. The van der Waals surface area contributed by atoms with Crippen molar-refractivity contribution in [3.05, 3.63) is 40.8 Å². The summed E-state index contributed by atoms with van der Waals surface area (Å²) < 4.78 is 0. The first-order valence-corrected chi connectivity index (χ1v) is 8.06. The summed E-state index contributed by atoms with van der Waals surface area (Å²) in [4.78, 5) is 25.4. The molecule has 1 amide bonds. The van der Waals surface area contributed by atoms with E-state index in [9.17, 15) is 14.7 Å². The van der Waals surface area contributed by atoms with E-state index in [2.05, 4.69) is 0 Å². The summed E-state index contributed by atoms with van der Waals surface area (Å²) in [6, 6.07) is 9.28. The molecule has 1 saturated heterocycles. The minimum atomic E-state index is -0.990. The van der Waals surface area contributed by atoms with E-state index in [0.717, 1.165) is 43.3 Å². The molecule has 2 rings (SSSR count). The van der Waals surface area contributed by atoms with Crippen LogP contribution in [0.15, 0.2) is 35.2 Å². The van der Waals surface area contributed by atoms with Gasteiger partial charge in [-0.05, 0) is 30.9 Å². The summed E-state index contributed by atoms with van der Waals surface area (Å²) in [5.74, 6) is -0.777. The summed E-state index contributed by atoms with van der Waals surface area (Å²) in [7, 11) is 0. The fraction of sp³-hybridized carbons (Fsp3) is 0.375. The summed E-state index contributed by atoms with van der Waals surface area (Å²) >= 11 is 1.10. The van der Waals surface area contributed by atoms with Crippen LogP contribution in [0.2, 0.25) is 0 Å². The third-order valence-electron chi connectivity index (χ3n) is 3.37. The number of carboxylic acids is 1. The molecule has 4 nitrogen and oxygen atoms in total. The van der Waals surface area contributed by atoms with Crippen LogP contribution < -0.4 is 0 Å². The Morgan fingerprint density at radius 3 is 2.43 bits per heavy atom. The number of nitrogens with zero attached hydrogens (tertiary/aromatic N) is 1. The first-order chi connectivity index (χ1) is 10.2. The van der Waals surface area contributed by atoms with Crippen LogP contribution >= 0.6 is 11.8 Å². The highest BCUT2D eigenvalue weighted by atomic mass is 32.2. The lowest BCUT2D eigenvalue weighted by Crippen LogP contribution is -2.36. The molecule has 1 aliphatic rings. The van der Waals surface area contributed by atoms with Crippen molar-refractivity contribution in [2.24, 2.45) is 0 Å². The lowest BCUT2D eigenvalue weighted by Gasteiger charge is -2.26. The van der Waals surface area contributed by atoms with Gasteiger partial charge in [-0.15, -0.1) is 11.8 Å². The van der Waals surface area contributed by atoms with Gasteiger partial charge >= 0.3 is 5.97 Å². The van der Waals surface area contributed by atoms with Gasteiger partial charge in [0.1, 0.15) is 0 Å². The van der Waals surface area contributed by atoms with Crippen LogP contribution in [-0.2, 0) is 9.59 Å². The molecular formula is C16H19NO3S. The lowest BCUT2D eigenvalue weighted by molar-refractivity contribution is -0.131. The third kappa shape index (κ3) is 4.93. The van der Waals surface area contributed by atoms with Gasteiger partial charge in [0.25, 0.3) is 0 Å². The van der Waals surface area contributed by atoms with Crippen molar-refractivity contribution in [3.8, 4) is 0 Å². The molecule has 0 saturated carbocycles. The van der Waals surface area contributed by atoms with Gasteiger partial charge in [-0.25, -0.2) is 4.79 Å². The minimum Gasteiger partial charge on any atom is -0.477 e. The quantitative estimate of drug-likeness (QED) is 0.850.